The van der Waals surface area contributed by atoms with Crippen molar-refractivity contribution in [3.8, 4) is 21.7 Å². The molecule has 0 unspecified atom stereocenters. The van der Waals surface area contributed by atoms with Gasteiger partial charge in [0, 0.05) is 27.4 Å². The van der Waals surface area contributed by atoms with Crippen LogP contribution in [0.2, 0.25) is 19.6 Å². The summed E-state index contributed by atoms with van der Waals surface area (Å²) in [5.74, 6) is 0. The average Bonchev–Trinajstić information content (AvgIpc) is 3.46. The first-order chi connectivity index (χ1) is 18.3. The van der Waals surface area contributed by atoms with Crippen LogP contribution in [0.15, 0.2) is 89.5 Å². The second-order valence-electron chi connectivity index (χ2n) is 11.4. The van der Waals surface area contributed by atoms with Crippen LogP contribution in [0.4, 0.5) is 0 Å². The van der Waals surface area contributed by atoms with E-state index < -0.39 is 8.07 Å². The van der Waals surface area contributed by atoms with E-state index in [1.54, 1.807) is 0 Å². The molecule has 0 saturated heterocycles. The van der Waals surface area contributed by atoms with Crippen LogP contribution in [-0.4, -0.2) is 13.1 Å². The van der Waals surface area contributed by atoms with E-state index in [4.69, 9.17) is 9.40 Å². The fourth-order valence-electron chi connectivity index (χ4n) is 5.71. The lowest BCUT2D eigenvalue weighted by molar-refractivity contribution is 0.670. The lowest BCUT2D eigenvalue weighted by Crippen LogP contribution is -2.37. The molecule has 0 atom stereocenters. The Morgan fingerprint density at radius 1 is 0.789 bits per heavy atom. The highest BCUT2D eigenvalue weighted by molar-refractivity contribution is 7.23. The quantitative estimate of drug-likeness (QED) is 0.214. The van der Waals surface area contributed by atoms with Crippen LogP contribution in [0.3, 0.4) is 0 Å². The number of aromatic nitrogens is 1. The van der Waals surface area contributed by atoms with Gasteiger partial charge in [-0.1, -0.05) is 79.4 Å². The van der Waals surface area contributed by atoms with Gasteiger partial charge >= 0.3 is 0 Å². The van der Waals surface area contributed by atoms with E-state index in [9.17, 15) is 0 Å². The average molecular weight is 528 g/mol. The van der Waals surface area contributed by atoms with Crippen molar-refractivity contribution in [1.82, 2.24) is 4.98 Å². The van der Waals surface area contributed by atoms with Crippen LogP contribution < -0.4 is 5.19 Å². The van der Waals surface area contributed by atoms with E-state index in [-0.39, 0.29) is 0 Å². The van der Waals surface area contributed by atoms with E-state index in [1.807, 2.05) is 17.5 Å². The highest BCUT2D eigenvalue weighted by atomic mass is 32.1. The minimum absolute atomic E-state index is 0.911. The fraction of sp³-hybridized carbons (Fsp3) is 0.147. The Bertz CT molecular complexity index is 2020. The number of nitrogens with zero attached hydrogens (tertiary/aromatic N) is 1. The molecule has 0 aliphatic carbocycles. The molecule has 2 nitrogen and oxygen atoms in total. The summed E-state index contributed by atoms with van der Waals surface area (Å²) in [4.78, 5) is 6.27. The molecule has 0 saturated carbocycles. The Labute approximate surface area is 227 Å². The molecule has 0 fully saturated rings. The summed E-state index contributed by atoms with van der Waals surface area (Å²) in [5, 5.41) is 7.54. The summed E-state index contributed by atoms with van der Waals surface area (Å²) < 4.78 is 7.80. The van der Waals surface area contributed by atoms with Crippen LogP contribution >= 0.6 is 11.3 Å². The highest BCUT2D eigenvalue weighted by Gasteiger charge is 2.21. The van der Waals surface area contributed by atoms with Crippen LogP contribution in [0.1, 0.15) is 11.1 Å². The van der Waals surface area contributed by atoms with Gasteiger partial charge in [-0.05, 0) is 71.0 Å². The molecule has 7 aromatic rings. The predicted octanol–water partition coefficient (Wildman–Crippen LogP) is 9.84. The van der Waals surface area contributed by atoms with Crippen molar-refractivity contribution >= 4 is 67.4 Å². The number of fused-ring (bicyclic) bond motifs is 6. The van der Waals surface area contributed by atoms with Crippen LogP contribution in [0.5, 0.6) is 0 Å². The maximum absolute atomic E-state index is 6.59. The highest BCUT2D eigenvalue weighted by Crippen LogP contribution is 2.45. The van der Waals surface area contributed by atoms with Gasteiger partial charge in [0.25, 0.3) is 0 Å². The van der Waals surface area contributed by atoms with E-state index >= 15 is 0 Å². The van der Waals surface area contributed by atoms with Crippen LogP contribution in [0, 0.1) is 13.8 Å². The third-order valence-electron chi connectivity index (χ3n) is 7.73. The van der Waals surface area contributed by atoms with Gasteiger partial charge in [-0.15, -0.1) is 11.3 Å². The first-order valence-corrected chi connectivity index (χ1v) is 17.5. The molecule has 4 heteroatoms. The summed E-state index contributed by atoms with van der Waals surface area (Å²) >= 11 is 1.84. The Balaban J connectivity index is 1.48. The number of hydrogen-bond donors (Lipinski definition) is 0. The van der Waals surface area contributed by atoms with Gasteiger partial charge < -0.3 is 4.42 Å². The topological polar surface area (TPSA) is 26.0 Å². The fourth-order valence-corrected chi connectivity index (χ4v) is 8.18. The van der Waals surface area contributed by atoms with Crippen LogP contribution in [-0.2, 0) is 0 Å². The number of furan rings is 1. The van der Waals surface area contributed by atoms with Gasteiger partial charge in [-0.3, -0.25) is 4.98 Å². The largest absolute Gasteiger partial charge is 0.455 e. The number of aryl methyl sites for hydroxylation is 2. The number of rotatable bonds is 3. The first-order valence-electron chi connectivity index (χ1n) is 13.1. The van der Waals surface area contributed by atoms with Crippen molar-refractivity contribution < 1.29 is 4.42 Å². The molecule has 0 aliphatic heterocycles. The van der Waals surface area contributed by atoms with Gasteiger partial charge in [0.05, 0.1) is 18.5 Å². The third-order valence-corrected chi connectivity index (χ3v) is 11.2. The molecule has 0 aliphatic rings. The molecule has 3 aromatic heterocycles. The Hall–Kier alpha value is -3.73. The molecule has 0 radical (unpaired) electrons. The molecule has 0 amide bonds. The molecule has 0 bridgehead atoms. The molecule has 7 rings (SSSR count). The minimum atomic E-state index is -1.34. The third kappa shape index (κ3) is 3.55. The lowest BCUT2D eigenvalue weighted by atomic mass is 9.99. The maximum atomic E-state index is 6.59. The van der Waals surface area contributed by atoms with Crippen molar-refractivity contribution in [1.29, 1.82) is 0 Å². The first kappa shape index (κ1) is 23.4. The summed E-state index contributed by atoms with van der Waals surface area (Å²) in [6.07, 6.45) is 1.95. The van der Waals surface area contributed by atoms with Gasteiger partial charge in [-0.25, -0.2) is 0 Å². The van der Waals surface area contributed by atoms with Crippen molar-refractivity contribution in [2.75, 3.05) is 0 Å². The minimum Gasteiger partial charge on any atom is -0.455 e. The molecule has 0 spiro atoms. The number of hydrogen-bond acceptors (Lipinski definition) is 3. The summed E-state index contributed by atoms with van der Waals surface area (Å²) in [6.45, 7) is 11.6. The van der Waals surface area contributed by atoms with Gasteiger partial charge in [-0.2, -0.15) is 0 Å². The van der Waals surface area contributed by atoms with E-state index in [2.05, 4.69) is 112 Å². The molecule has 4 aromatic carbocycles. The van der Waals surface area contributed by atoms with Gasteiger partial charge in [0.2, 0.25) is 0 Å². The molecule has 186 valence electrons. The standard InChI is InChI=1S/C34H29NOSSi/c1-20-18-27-30-26-9-7-6-8-22(26)12-15-29(30)36-32(27)28(19-20)31-34-25(16-17-35-31)21(2)33(37-34)23-10-13-24(14-11-23)38(3,4)5/h6-19H,1-5H3. The van der Waals surface area contributed by atoms with Crippen molar-refractivity contribution in [3.05, 3.63) is 96.2 Å². The summed E-state index contributed by atoms with van der Waals surface area (Å²) in [5.41, 5.74) is 7.69. The Kier molecular flexibility index (Phi) is 5.16. The zero-order valence-corrected chi connectivity index (χ0v) is 24.2. The SMILES string of the molecule is Cc1cc(-c2nccc3c(C)c(-c4ccc([Si](C)(C)C)cc4)sc23)c2oc3ccc4ccccc4c3c2c1. The number of pyridine rings is 1. The number of benzene rings is 4. The second kappa shape index (κ2) is 8.39. The molecular weight excluding hydrogens is 499 g/mol. The Morgan fingerprint density at radius 2 is 1.58 bits per heavy atom. The normalized spacial score (nSPS) is 12.3. The van der Waals surface area contributed by atoms with Crippen LogP contribution in [0.25, 0.3) is 64.5 Å². The van der Waals surface area contributed by atoms with Gasteiger partial charge in [0.1, 0.15) is 11.2 Å². The van der Waals surface area contributed by atoms with E-state index in [0.717, 1.165) is 27.8 Å². The monoisotopic (exact) mass is 527 g/mol. The lowest BCUT2D eigenvalue weighted by Gasteiger charge is -2.16. The summed E-state index contributed by atoms with van der Waals surface area (Å²) in [6, 6.07) is 28.7. The second-order valence-corrected chi connectivity index (χ2v) is 17.5. The summed E-state index contributed by atoms with van der Waals surface area (Å²) in [7, 11) is -1.34. The van der Waals surface area contributed by atoms with Gasteiger partial charge in [0.15, 0.2) is 0 Å². The molecule has 0 N–H and O–H groups in total. The molecule has 3 heterocycles. The number of thiophene rings is 1. The zero-order valence-electron chi connectivity index (χ0n) is 22.3. The Morgan fingerprint density at radius 3 is 2.37 bits per heavy atom. The molecule has 38 heavy (non-hydrogen) atoms. The van der Waals surface area contributed by atoms with Crippen molar-refractivity contribution in [2.24, 2.45) is 0 Å². The van der Waals surface area contributed by atoms with E-state index in [1.165, 1.54) is 53.0 Å². The van der Waals surface area contributed by atoms with Crippen molar-refractivity contribution in [2.45, 2.75) is 33.5 Å². The van der Waals surface area contributed by atoms with Crippen molar-refractivity contribution in [3.63, 3.8) is 0 Å². The van der Waals surface area contributed by atoms with E-state index in [0.29, 0.717) is 0 Å². The smallest absolute Gasteiger partial charge is 0.144 e. The predicted molar refractivity (Wildman–Crippen MR) is 168 cm³/mol. The maximum Gasteiger partial charge on any atom is 0.144 e. The molecular formula is C34H29NOSSi. The zero-order chi connectivity index (χ0) is 26.2.